The zero-order valence-corrected chi connectivity index (χ0v) is 17.0. The van der Waals surface area contributed by atoms with Crippen LogP contribution < -0.4 is 0 Å². The molecule has 3 aromatic carbocycles. The van der Waals surface area contributed by atoms with E-state index >= 15 is 0 Å². The van der Waals surface area contributed by atoms with E-state index in [2.05, 4.69) is 6.58 Å². The first-order chi connectivity index (χ1) is 14.6. The highest BCUT2D eigenvalue weighted by atomic mass is 16.4. The van der Waals surface area contributed by atoms with Crippen LogP contribution in [-0.4, -0.2) is 16.9 Å². The molecule has 0 aliphatic heterocycles. The van der Waals surface area contributed by atoms with Crippen molar-refractivity contribution >= 4 is 17.8 Å². The lowest BCUT2D eigenvalue weighted by Gasteiger charge is -2.12. The maximum atomic E-state index is 12.6. The van der Waals surface area contributed by atoms with E-state index in [1.807, 2.05) is 66.7 Å². The highest BCUT2D eigenvalue weighted by molar-refractivity contribution is 5.98. The number of ketones is 1. The van der Waals surface area contributed by atoms with Gasteiger partial charge in [0.05, 0.1) is 5.92 Å². The Bertz CT molecular complexity index is 987. The Kier molecular flexibility index (Phi) is 7.34. The molecular weight excluding hydrogens is 372 g/mol. The van der Waals surface area contributed by atoms with E-state index in [1.165, 1.54) is 5.56 Å². The molecule has 0 radical (unpaired) electrons. The van der Waals surface area contributed by atoms with Gasteiger partial charge in [-0.05, 0) is 41.5 Å². The predicted molar refractivity (Wildman–Crippen MR) is 121 cm³/mol. The van der Waals surface area contributed by atoms with Gasteiger partial charge in [-0.15, -0.1) is 0 Å². The third-order valence-corrected chi connectivity index (χ3v) is 5.33. The third-order valence-electron chi connectivity index (χ3n) is 5.33. The van der Waals surface area contributed by atoms with Crippen LogP contribution in [0.4, 0.5) is 0 Å². The first kappa shape index (κ1) is 21.3. The van der Waals surface area contributed by atoms with Crippen molar-refractivity contribution in [2.45, 2.75) is 25.7 Å². The monoisotopic (exact) mass is 398 g/mol. The second-order valence-corrected chi connectivity index (χ2v) is 7.44. The van der Waals surface area contributed by atoms with Crippen molar-refractivity contribution in [1.82, 2.24) is 0 Å². The Morgan fingerprint density at radius 2 is 1.47 bits per heavy atom. The van der Waals surface area contributed by atoms with Gasteiger partial charge in [0.2, 0.25) is 0 Å². The van der Waals surface area contributed by atoms with Gasteiger partial charge in [0, 0.05) is 12.0 Å². The fourth-order valence-electron chi connectivity index (χ4n) is 3.51. The molecule has 0 spiro atoms. The molecule has 3 heteroatoms. The Morgan fingerprint density at radius 3 is 2.03 bits per heavy atom. The van der Waals surface area contributed by atoms with E-state index in [1.54, 1.807) is 18.2 Å². The van der Waals surface area contributed by atoms with E-state index in [4.69, 9.17) is 0 Å². The topological polar surface area (TPSA) is 54.4 Å². The van der Waals surface area contributed by atoms with Crippen molar-refractivity contribution in [2.24, 2.45) is 5.92 Å². The molecule has 0 bridgehead atoms. The highest BCUT2D eigenvalue weighted by Crippen LogP contribution is 2.23. The predicted octanol–water partition coefficient (Wildman–Crippen LogP) is 6.29. The van der Waals surface area contributed by atoms with Gasteiger partial charge in [0.1, 0.15) is 0 Å². The van der Waals surface area contributed by atoms with Crippen LogP contribution in [0.25, 0.3) is 17.2 Å². The maximum Gasteiger partial charge on any atom is 0.306 e. The van der Waals surface area contributed by atoms with Crippen molar-refractivity contribution in [3.05, 3.63) is 102 Å². The summed E-state index contributed by atoms with van der Waals surface area (Å²) in [7, 11) is 0. The fourth-order valence-corrected chi connectivity index (χ4v) is 3.51. The SMILES string of the molecule is C=Cc1ccc(-c2ccc(C(=O)CC(CCCc3ccccc3)C(=O)O)cc2)cc1. The van der Waals surface area contributed by atoms with E-state index in [9.17, 15) is 14.7 Å². The average molecular weight is 399 g/mol. The minimum atomic E-state index is -0.907. The van der Waals surface area contributed by atoms with Gasteiger partial charge in [0.25, 0.3) is 0 Å². The number of aryl methyl sites for hydroxylation is 1. The van der Waals surface area contributed by atoms with Crippen molar-refractivity contribution in [3.8, 4) is 11.1 Å². The average Bonchev–Trinajstić information content (AvgIpc) is 2.79. The molecule has 3 aromatic rings. The summed E-state index contributed by atoms with van der Waals surface area (Å²) in [5.41, 5.74) is 4.86. The molecule has 0 aliphatic carbocycles. The molecule has 3 nitrogen and oxygen atoms in total. The van der Waals surface area contributed by atoms with Gasteiger partial charge in [-0.1, -0.05) is 91.5 Å². The van der Waals surface area contributed by atoms with Crippen LogP contribution in [0.1, 0.15) is 40.7 Å². The zero-order valence-electron chi connectivity index (χ0n) is 17.0. The summed E-state index contributed by atoms with van der Waals surface area (Å²) in [6.07, 6.45) is 3.87. The molecule has 0 fully saturated rings. The van der Waals surface area contributed by atoms with Gasteiger partial charge in [-0.3, -0.25) is 9.59 Å². The number of carboxylic acids is 1. The van der Waals surface area contributed by atoms with Gasteiger partial charge < -0.3 is 5.11 Å². The van der Waals surface area contributed by atoms with E-state index in [0.29, 0.717) is 12.0 Å². The van der Waals surface area contributed by atoms with Crippen molar-refractivity contribution in [1.29, 1.82) is 0 Å². The Labute approximate surface area is 177 Å². The van der Waals surface area contributed by atoms with Crippen molar-refractivity contribution in [3.63, 3.8) is 0 Å². The van der Waals surface area contributed by atoms with E-state index in [0.717, 1.165) is 29.5 Å². The molecule has 1 N–H and O–H groups in total. The molecule has 0 saturated heterocycles. The number of Topliss-reactive ketones (excluding diaryl/α,β-unsaturated/α-hetero) is 1. The summed E-state index contributed by atoms with van der Waals surface area (Å²) in [6, 6.07) is 25.4. The molecule has 3 rings (SSSR count). The lowest BCUT2D eigenvalue weighted by molar-refractivity contribution is -0.141. The van der Waals surface area contributed by atoms with Crippen LogP contribution in [0, 0.1) is 5.92 Å². The van der Waals surface area contributed by atoms with Gasteiger partial charge in [-0.25, -0.2) is 0 Å². The number of carboxylic acid groups (broad SMARTS) is 1. The quantitative estimate of drug-likeness (QED) is 0.408. The number of hydrogen-bond acceptors (Lipinski definition) is 2. The van der Waals surface area contributed by atoms with Crippen LogP contribution in [0.2, 0.25) is 0 Å². The lowest BCUT2D eigenvalue weighted by atomic mass is 9.92. The standard InChI is InChI=1S/C27H26O3/c1-2-20-11-13-22(14-12-20)23-15-17-24(18-16-23)26(28)19-25(27(29)30)10-6-9-21-7-4-3-5-8-21/h2-5,7-8,11-18,25H,1,6,9-10,19H2,(H,29,30). The van der Waals surface area contributed by atoms with Crippen LogP contribution in [0.5, 0.6) is 0 Å². The lowest BCUT2D eigenvalue weighted by Crippen LogP contribution is -2.18. The smallest absolute Gasteiger partial charge is 0.306 e. The molecule has 0 amide bonds. The molecular formula is C27H26O3. The number of aliphatic carboxylic acids is 1. The number of rotatable bonds is 10. The van der Waals surface area contributed by atoms with Gasteiger partial charge in [-0.2, -0.15) is 0 Å². The summed E-state index contributed by atoms with van der Waals surface area (Å²) in [5, 5.41) is 9.54. The Balaban J connectivity index is 1.59. The Morgan fingerprint density at radius 1 is 0.867 bits per heavy atom. The van der Waals surface area contributed by atoms with Crippen molar-refractivity contribution in [2.75, 3.05) is 0 Å². The highest BCUT2D eigenvalue weighted by Gasteiger charge is 2.21. The first-order valence-electron chi connectivity index (χ1n) is 10.2. The second-order valence-electron chi connectivity index (χ2n) is 7.44. The first-order valence-corrected chi connectivity index (χ1v) is 10.2. The molecule has 30 heavy (non-hydrogen) atoms. The summed E-state index contributed by atoms with van der Waals surface area (Å²) in [5.74, 6) is -1.70. The number of hydrogen-bond donors (Lipinski definition) is 1. The minimum Gasteiger partial charge on any atom is -0.481 e. The number of carbonyl (C=O) groups excluding carboxylic acids is 1. The summed E-state index contributed by atoms with van der Waals surface area (Å²) >= 11 is 0. The van der Waals surface area contributed by atoms with Crippen molar-refractivity contribution < 1.29 is 14.7 Å². The molecule has 1 unspecified atom stereocenters. The molecule has 0 saturated carbocycles. The van der Waals surface area contributed by atoms with E-state index in [-0.39, 0.29) is 12.2 Å². The van der Waals surface area contributed by atoms with Gasteiger partial charge in [0.15, 0.2) is 5.78 Å². The Hall–Kier alpha value is -3.46. The van der Waals surface area contributed by atoms with Crippen LogP contribution in [0.3, 0.4) is 0 Å². The van der Waals surface area contributed by atoms with E-state index < -0.39 is 11.9 Å². The normalized spacial score (nSPS) is 11.6. The summed E-state index contributed by atoms with van der Waals surface area (Å²) in [6.45, 7) is 3.75. The summed E-state index contributed by atoms with van der Waals surface area (Å²) in [4.78, 5) is 24.3. The van der Waals surface area contributed by atoms with Crippen LogP contribution in [-0.2, 0) is 11.2 Å². The van der Waals surface area contributed by atoms with Crippen LogP contribution >= 0.6 is 0 Å². The third kappa shape index (κ3) is 5.77. The molecule has 0 aliphatic rings. The maximum absolute atomic E-state index is 12.6. The minimum absolute atomic E-state index is 0.0253. The molecule has 0 heterocycles. The summed E-state index contributed by atoms with van der Waals surface area (Å²) < 4.78 is 0. The zero-order chi connectivity index (χ0) is 21.3. The number of benzene rings is 3. The fraction of sp³-hybridized carbons (Fsp3) is 0.185. The van der Waals surface area contributed by atoms with Gasteiger partial charge >= 0.3 is 5.97 Å². The largest absolute Gasteiger partial charge is 0.481 e. The molecule has 152 valence electrons. The molecule has 0 aromatic heterocycles. The second kappa shape index (κ2) is 10.4. The van der Waals surface area contributed by atoms with Crippen LogP contribution in [0.15, 0.2) is 85.4 Å². The molecule has 1 atom stereocenters. The number of carbonyl (C=O) groups is 2.